The molecule has 0 unspecified atom stereocenters. The second kappa shape index (κ2) is 7.31. The lowest BCUT2D eigenvalue weighted by molar-refractivity contribution is 0.281. The Balaban J connectivity index is 0. The zero-order valence-electron chi connectivity index (χ0n) is 6.43. The molecule has 0 bridgehead atoms. The fourth-order valence-electron chi connectivity index (χ4n) is 0.669. The normalized spacial score (nSPS) is 8.17. The van der Waals surface area contributed by atoms with Crippen molar-refractivity contribution in [2.75, 3.05) is 0 Å². The van der Waals surface area contributed by atoms with E-state index in [1.807, 2.05) is 12.1 Å². The molecule has 0 aromatic carbocycles. The molecule has 0 atom stereocenters. The van der Waals surface area contributed by atoms with Crippen LogP contribution in [0.3, 0.4) is 0 Å². The summed E-state index contributed by atoms with van der Waals surface area (Å²) in [5, 5.41) is 8.63. The van der Waals surface area contributed by atoms with Gasteiger partial charge in [-0.3, -0.25) is 4.98 Å². The van der Waals surface area contributed by atoms with Crippen LogP contribution in [0.1, 0.15) is 11.3 Å². The summed E-state index contributed by atoms with van der Waals surface area (Å²) in [5.41, 5.74) is 6.98. The van der Waals surface area contributed by atoms with Crippen LogP contribution < -0.4 is 5.73 Å². The quantitative estimate of drug-likeness (QED) is 0.763. The number of aliphatic hydroxyl groups is 1. The predicted molar refractivity (Wildman–Crippen MR) is 52.5 cm³/mol. The second-order valence-corrected chi connectivity index (χ2v) is 2.02. The lowest BCUT2D eigenvalue weighted by atomic mass is 10.2. The summed E-state index contributed by atoms with van der Waals surface area (Å²) in [6.45, 7) is 0.490. The highest BCUT2D eigenvalue weighted by Gasteiger charge is 1.90. The molecule has 0 aliphatic carbocycles. The predicted octanol–water partition coefficient (Wildman–Crippen LogP) is 0.876. The maximum Gasteiger partial charge on any atom is 0.0696 e. The minimum absolute atomic E-state index is 0. The van der Waals surface area contributed by atoms with Gasteiger partial charge in [-0.1, -0.05) is 6.07 Å². The van der Waals surface area contributed by atoms with Gasteiger partial charge in [0.05, 0.1) is 12.3 Å². The van der Waals surface area contributed by atoms with Crippen LogP contribution in [0.5, 0.6) is 0 Å². The minimum atomic E-state index is 0. The van der Waals surface area contributed by atoms with Crippen LogP contribution in [0.2, 0.25) is 0 Å². The van der Waals surface area contributed by atoms with Gasteiger partial charge in [0.15, 0.2) is 0 Å². The van der Waals surface area contributed by atoms with Crippen LogP contribution in [0.4, 0.5) is 0 Å². The van der Waals surface area contributed by atoms with Gasteiger partial charge >= 0.3 is 0 Å². The maximum absolute atomic E-state index is 8.63. The molecule has 1 heterocycles. The standard InChI is InChI=1S/C7H10N2O.2ClH/c8-3-7-2-1-6(5-10)4-9-7;;/h1-2,4,10H,3,5,8H2;2*1H. The number of hydrogen-bond acceptors (Lipinski definition) is 3. The monoisotopic (exact) mass is 210 g/mol. The zero-order chi connectivity index (χ0) is 7.40. The maximum atomic E-state index is 8.63. The summed E-state index contributed by atoms with van der Waals surface area (Å²) in [7, 11) is 0. The minimum Gasteiger partial charge on any atom is -0.392 e. The van der Waals surface area contributed by atoms with Crippen molar-refractivity contribution in [1.82, 2.24) is 4.98 Å². The third-order valence-electron chi connectivity index (χ3n) is 1.28. The average Bonchev–Trinajstić information content (AvgIpc) is 2.05. The molecule has 0 saturated carbocycles. The average molecular weight is 211 g/mol. The zero-order valence-corrected chi connectivity index (χ0v) is 8.07. The van der Waals surface area contributed by atoms with Crippen LogP contribution in [0.15, 0.2) is 18.3 Å². The first-order chi connectivity index (χ1) is 4.86. The van der Waals surface area contributed by atoms with E-state index in [1.54, 1.807) is 6.20 Å². The molecule has 0 aliphatic heterocycles. The van der Waals surface area contributed by atoms with E-state index in [2.05, 4.69) is 4.98 Å². The molecule has 0 aliphatic rings. The number of nitrogens with two attached hydrogens (primary N) is 1. The highest BCUT2D eigenvalue weighted by Crippen LogP contribution is 1.98. The van der Waals surface area contributed by atoms with E-state index in [1.165, 1.54) is 0 Å². The molecule has 0 radical (unpaired) electrons. The van der Waals surface area contributed by atoms with Gasteiger partial charge in [-0.05, 0) is 11.6 Å². The molecule has 1 aromatic heterocycles. The van der Waals surface area contributed by atoms with E-state index in [-0.39, 0.29) is 31.4 Å². The number of nitrogens with zero attached hydrogens (tertiary/aromatic N) is 1. The van der Waals surface area contributed by atoms with E-state index in [0.29, 0.717) is 6.54 Å². The van der Waals surface area contributed by atoms with Gasteiger partial charge in [0, 0.05) is 12.7 Å². The molecular weight excluding hydrogens is 199 g/mol. The summed E-state index contributed by atoms with van der Waals surface area (Å²) in [4.78, 5) is 3.98. The molecular formula is C7H12Cl2N2O. The van der Waals surface area contributed by atoms with E-state index in [9.17, 15) is 0 Å². The first-order valence-corrected chi connectivity index (χ1v) is 3.11. The number of hydrogen-bond donors (Lipinski definition) is 2. The third-order valence-corrected chi connectivity index (χ3v) is 1.28. The Morgan fingerprint density at radius 3 is 2.33 bits per heavy atom. The number of aromatic nitrogens is 1. The Labute approximate surface area is 83.8 Å². The Kier molecular flexibility index (Phi) is 8.64. The molecule has 70 valence electrons. The Morgan fingerprint density at radius 2 is 2.00 bits per heavy atom. The number of halogens is 2. The van der Waals surface area contributed by atoms with E-state index in [0.717, 1.165) is 11.3 Å². The lowest BCUT2D eigenvalue weighted by Gasteiger charge is -1.96. The van der Waals surface area contributed by atoms with Gasteiger partial charge < -0.3 is 10.8 Å². The van der Waals surface area contributed by atoms with Gasteiger partial charge in [-0.15, -0.1) is 24.8 Å². The van der Waals surface area contributed by atoms with E-state index in [4.69, 9.17) is 10.8 Å². The molecule has 5 heteroatoms. The van der Waals surface area contributed by atoms with Crippen LogP contribution in [0, 0.1) is 0 Å². The van der Waals surface area contributed by atoms with Crippen LogP contribution in [-0.4, -0.2) is 10.1 Å². The van der Waals surface area contributed by atoms with Crippen LogP contribution >= 0.6 is 24.8 Å². The van der Waals surface area contributed by atoms with Gasteiger partial charge in [0.25, 0.3) is 0 Å². The van der Waals surface area contributed by atoms with Crippen LogP contribution in [0.25, 0.3) is 0 Å². The molecule has 1 aromatic rings. The molecule has 0 amide bonds. The summed E-state index contributed by atoms with van der Waals surface area (Å²) < 4.78 is 0. The van der Waals surface area contributed by atoms with Gasteiger partial charge in [-0.25, -0.2) is 0 Å². The summed E-state index contributed by atoms with van der Waals surface area (Å²) >= 11 is 0. The van der Waals surface area contributed by atoms with Crippen molar-refractivity contribution in [3.05, 3.63) is 29.6 Å². The molecule has 3 nitrogen and oxygen atoms in total. The summed E-state index contributed by atoms with van der Waals surface area (Å²) in [6.07, 6.45) is 1.63. The number of aliphatic hydroxyl groups excluding tert-OH is 1. The SMILES string of the molecule is Cl.Cl.NCc1ccc(CO)cn1. The van der Waals surface area contributed by atoms with Crippen molar-refractivity contribution < 1.29 is 5.11 Å². The summed E-state index contributed by atoms with van der Waals surface area (Å²) in [5.74, 6) is 0. The highest BCUT2D eigenvalue weighted by atomic mass is 35.5. The fourth-order valence-corrected chi connectivity index (χ4v) is 0.669. The topological polar surface area (TPSA) is 59.1 Å². The second-order valence-electron chi connectivity index (χ2n) is 2.02. The number of rotatable bonds is 2. The Morgan fingerprint density at radius 1 is 1.33 bits per heavy atom. The summed E-state index contributed by atoms with van der Waals surface area (Å²) in [6, 6.07) is 3.63. The molecule has 0 fully saturated rings. The first kappa shape index (κ1) is 14.2. The van der Waals surface area contributed by atoms with Crippen molar-refractivity contribution in [3.8, 4) is 0 Å². The smallest absolute Gasteiger partial charge is 0.0696 e. The molecule has 0 saturated heterocycles. The van der Waals surface area contributed by atoms with Crippen molar-refractivity contribution in [3.63, 3.8) is 0 Å². The van der Waals surface area contributed by atoms with E-state index >= 15 is 0 Å². The van der Waals surface area contributed by atoms with Crippen LogP contribution in [-0.2, 0) is 13.2 Å². The van der Waals surface area contributed by atoms with Gasteiger partial charge in [0.2, 0.25) is 0 Å². The van der Waals surface area contributed by atoms with Gasteiger partial charge in [0.1, 0.15) is 0 Å². The molecule has 3 N–H and O–H groups in total. The Hall–Kier alpha value is -0.350. The third kappa shape index (κ3) is 3.88. The fraction of sp³-hybridized carbons (Fsp3) is 0.286. The highest BCUT2D eigenvalue weighted by molar-refractivity contribution is 5.85. The van der Waals surface area contributed by atoms with Gasteiger partial charge in [-0.2, -0.15) is 0 Å². The largest absolute Gasteiger partial charge is 0.392 e. The Bertz CT molecular complexity index is 180. The number of pyridine rings is 1. The van der Waals surface area contributed by atoms with Crippen molar-refractivity contribution in [2.45, 2.75) is 13.2 Å². The van der Waals surface area contributed by atoms with Crippen molar-refractivity contribution >= 4 is 24.8 Å². The molecule has 12 heavy (non-hydrogen) atoms. The first-order valence-electron chi connectivity index (χ1n) is 3.11. The molecule has 1 rings (SSSR count). The van der Waals surface area contributed by atoms with Crippen molar-refractivity contribution in [2.24, 2.45) is 5.73 Å². The molecule has 0 spiro atoms. The van der Waals surface area contributed by atoms with E-state index < -0.39 is 0 Å². The lowest BCUT2D eigenvalue weighted by Crippen LogP contribution is -1.99. The van der Waals surface area contributed by atoms with Crippen molar-refractivity contribution in [1.29, 1.82) is 0 Å².